The predicted octanol–water partition coefficient (Wildman–Crippen LogP) is 3.45. The second-order valence-corrected chi connectivity index (χ2v) is 6.17. The summed E-state index contributed by atoms with van der Waals surface area (Å²) in [4.78, 5) is 26.0. The molecule has 2 aromatic rings. The second-order valence-electron chi connectivity index (χ2n) is 6.17. The lowest BCUT2D eigenvalue weighted by atomic mass is 9.98. The zero-order valence-electron chi connectivity index (χ0n) is 14.1. The summed E-state index contributed by atoms with van der Waals surface area (Å²) < 4.78 is 18.0. The van der Waals surface area contributed by atoms with E-state index in [2.05, 4.69) is 0 Å². The number of amides is 1. The Balaban J connectivity index is 1.71. The first-order chi connectivity index (χ1) is 12.1. The van der Waals surface area contributed by atoms with Crippen molar-refractivity contribution in [2.75, 3.05) is 18.6 Å². The Bertz CT molecular complexity index is 790. The highest BCUT2D eigenvalue weighted by Gasteiger charge is 2.33. The van der Waals surface area contributed by atoms with Crippen molar-refractivity contribution >= 4 is 17.6 Å². The first kappa shape index (κ1) is 17.1. The van der Waals surface area contributed by atoms with E-state index in [1.807, 2.05) is 30.3 Å². The fourth-order valence-electron chi connectivity index (χ4n) is 3.27. The van der Waals surface area contributed by atoms with Gasteiger partial charge in [0.1, 0.15) is 5.82 Å². The van der Waals surface area contributed by atoms with Crippen molar-refractivity contribution in [3.63, 3.8) is 0 Å². The van der Waals surface area contributed by atoms with E-state index in [4.69, 9.17) is 4.74 Å². The summed E-state index contributed by atoms with van der Waals surface area (Å²) in [7, 11) is 1.37. The molecule has 0 N–H and O–H groups in total. The third-order valence-corrected chi connectivity index (χ3v) is 4.53. The number of rotatable bonds is 5. The molecule has 1 aliphatic rings. The lowest BCUT2D eigenvalue weighted by molar-refractivity contribution is -0.141. The summed E-state index contributed by atoms with van der Waals surface area (Å²) in [6, 6.07) is 13.9. The highest BCUT2D eigenvalue weighted by molar-refractivity contribution is 5.96. The average molecular weight is 341 g/mol. The quantitative estimate of drug-likeness (QED) is 0.783. The molecule has 2 aromatic carbocycles. The van der Waals surface area contributed by atoms with Gasteiger partial charge in [-0.25, -0.2) is 4.39 Å². The van der Waals surface area contributed by atoms with Crippen LogP contribution in [-0.2, 0) is 20.7 Å². The first-order valence-corrected chi connectivity index (χ1v) is 8.29. The van der Waals surface area contributed by atoms with Gasteiger partial charge in [-0.15, -0.1) is 0 Å². The molecule has 0 fully saturated rings. The normalized spacial score (nSPS) is 15.8. The minimum Gasteiger partial charge on any atom is -0.469 e. The van der Waals surface area contributed by atoms with Gasteiger partial charge in [0, 0.05) is 24.6 Å². The fraction of sp³-hybridized carbons (Fsp3) is 0.300. The standard InChI is InChI=1S/C20H20FNO3/c1-25-20(24)12-15-13-22(18-8-3-2-7-17(15)18)19(23)10-9-14-5-4-6-16(21)11-14/h2-8,11,15H,9-10,12-13H2,1H3. The Hall–Kier alpha value is -2.69. The Morgan fingerprint density at radius 2 is 2.00 bits per heavy atom. The molecule has 25 heavy (non-hydrogen) atoms. The van der Waals surface area contributed by atoms with Crippen LogP contribution in [0, 0.1) is 5.82 Å². The summed E-state index contributed by atoms with van der Waals surface area (Å²) in [5.74, 6) is -0.658. The number of anilines is 1. The molecular weight excluding hydrogens is 321 g/mol. The van der Waals surface area contributed by atoms with E-state index in [-0.39, 0.29) is 30.0 Å². The van der Waals surface area contributed by atoms with Crippen LogP contribution in [0.3, 0.4) is 0 Å². The monoisotopic (exact) mass is 341 g/mol. The predicted molar refractivity (Wildman–Crippen MR) is 92.9 cm³/mol. The van der Waals surface area contributed by atoms with E-state index < -0.39 is 0 Å². The van der Waals surface area contributed by atoms with Gasteiger partial charge in [-0.3, -0.25) is 9.59 Å². The van der Waals surface area contributed by atoms with Gasteiger partial charge in [0.2, 0.25) is 5.91 Å². The van der Waals surface area contributed by atoms with Gasteiger partial charge in [-0.2, -0.15) is 0 Å². The molecule has 130 valence electrons. The Morgan fingerprint density at radius 1 is 1.20 bits per heavy atom. The highest BCUT2D eigenvalue weighted by atomic mass is 19.1. The van der Waals surface area contributed by atoms with E-state index in [0.717, 1.165) is 16.8 Å². The number of halogens is 1. The molecule has 0 aliphatic carbocycles. The topological polar surface area (TPSA) is 46.6 Å². The lowest BCUT2D eigenvalue weighted by Crippen LogP contribution is -2.30. The van der Waals surface area contributed by atoms with E-state index in [1.54, 1.807) is 11.0 Å². The summed E-state index contributed by atoms with van der Waals surface area (Å²) in [6.07, 6.45) is 1.03. The number of nitrogens with zero attached hydrogens (tertiary/aromatic N) is 1. The molecule has 0 spiro atoms. The van der Waals surface area contributed by atoms with Crippen LogP contribution in [0.15, 0.2) is 48.5 Å². The van der Waals surface area contributed by atoms with Crippen molar-refractivity contribution in [1.82, 2.24) is 0 Å². The van der Waals surface area contributed by atoms with Gasteiger partial charge in [-0.05, 0) is 35.7 Å². The van der Waals surface area contributed by atoms with Gasteiger partial charge >= 0.3 is 5.97 Å². The minimum absolute atomic E-state index is 0.0240. The largest absolute Gasteiger partial charge is 0.469 e. The molecule has 1 heterocycles. The lowest BCUT2D eigenvalue weighted by Gasteiger charge is -2.18. The number of methoxy groups -OCH3 is 1. The highest BCUT2D eigenvalue weighted by Crippen LogP contribution is 2.38. The van der Waals surface area contributed by atoms with Crippen LogP contribution in [0.1, 0.15) is 29.9 Å². The molecule has 1 amide bonds. The van der Waals surface area contributed by atoms with Crippen LogP contribution in [0.25, 0.3) is 0 Å². The minimum atomic E-state index is -0.297. The maximum Gasteiger partial charge on any atom is 0.306 e. The van der Waals surface area contributed by atoms with E-state index in [9.17, 15) is 14.0 Å². The number of ether oxygens (including phenoxy) is 1. The number of hydrogen-bond donors (Lipinski definition) is 0. The number of carbonyl (C=O) groups excluding carboxylic acids is 2. The molecular formula is C20H20FNO3. The number of hydrogen-bond acceptors (Lipinski definition) is 3. The third-order valence-electron chi connectivity index (χ3n) is 4.53. The Morgan fingerprint density at radius 3 is 2.76 bits per heavy atom. The van der Waals surface area contributed by atoms with Crippen molar-refractivity contribution in [3.05, 3.63) is 65.5 Å². The number of aryl methyl sites for hydroxylation is 1. The van der Waals surface area contributed by atoms with Gasteiger partial charge in [-0.1, -0.05) is 30.3 Å². The van der Waals surface area contributed by atoms with Crippen LogP contribution in [0.5, 0.6) is 0 Å². The summed E-state index contributed by atoms with van der Waals surface area (Å²) in [6.45, 7) is 0.469. The van der Waals surface area contributed by atoms with Crippen LogP contribution in [-0.4, -0.2) is 25.5 Å². The molecule has 1 aliphatic heterocycles. The van der Waals surface area contributed by atoms with Crippen molar-refractivity contribution in [1.29, 1.82) is 0 Å². The van der Waals surface area contributed by atoms with Gasteiger partial charge in [0.25, 0.3) is 0 Å². The number of benzene rings is 2. The average Bonchev–Trinajstić information content (AvgIpc) is 2.98. The van der Waals surface area contributed by atoms with Crippen molar-refractivity contribution in [2.45, 2.75) is 25.2 Å². The molecule has 0 radical (unpaired) electrons. The maximum absolute atomic E-state index is 13.3. The molecule has 3 rings (SSSR count). The fourth-order valence-corrected chi connectivity index (χ4v) is 3.27. The molecule has 0 saturated heterocycles. The molecule has 5 heteroatoms. The molecule has 0 aromatic heterocycles. The number of fused-ring (bicyclic) bond motifs is 1. The van der Waals surface area contributed by atoms with Crippen molar-refractivity contribution < 1.29 is 18.7 Å². The molecule has 1 unspecified atom stereocenters. The third kappa shape index (κ3) is 3.87. The van der Waals surface area contributed by atoms with Crippen LogP contribution < -0.4 is 4.90 Å². The molecule has 0 saturated carbocycles. The summed E-state index contributed by atoms with van der Waals surface area (Å²) in [5, 5.41) is 0. The molecule has 0 bridgehead atoms. The summed E-state index contributed by atoms with van der Waals surface area (Å²) in [5.41, 5.74) is 2.64. The van der Waals surface area contributed by atoms with Gasteiger partial charge in [0.15, 0.2) is 0 Å². The maximum atomic E-state index is 13.3. The zero-order chi connectivity index (χ0) is 17.8. The van der Waals surface area contributed by atoms with E-state index >= 15 is 0 Å². The SMILES string of the molecule is COC(=O)CC1CN(C(=O)CCc2cccc(F)c2)c2ccccc21. The van der Waals surface area contributed by atoms with E-state index in [0.29, 0.717) is 19.4 Å². The molecule has 4 nitrogen and oxygen atoms in total. The van der Waals surface area contributed by atoms with Crippen LogP contribution in [0.2, 0.25) is 0 Å². The number of para-hydroxylation sites is 1. The van der Waals surface area contributed by atoms with Crippen LogP contribution in [0.4, 0.5) is 10.1 Å². The number of carbonyl (C=O) groups is 2. The molecule has 1 atom stereocenters. The smallest absolute Gasteiger partial charge is 0.306 e. The summed E-state index contributed by atoms with van der Waals surface area (Å²) >= 11 is 0. The Kier molecular flexibility index (Phi) is 5.12. The number of esters is 1. The van der Waals surface area contributed by atoms with Crippen molar-refractivity contribution in [3.8, 4) is 0 Å². The van der Waals surface area contributed by atoms with Crippen LogP contribution >= 0.6 is 0 Å². The Labute approximate surface area is 146 Å². The van der Waals surface area contributed by atoms with Gasteiger partial charge < -0.3 is 9.64 Å². The zero-order valence-corrected chi connectivity index (χ0v) is 14.1. The van der Waals surface area contributed by atoms with Gasteiger partial charge in [0.05, 0.1) is 13.5 Å². The van der Waals surface area contributed by atoms with Crippen molar-refractivity contribution in [2.24, 2.45) is 0 Å². The first-order valence-electron chi connectivity index (χ1n) is 8.29. The second kappa shape index (κ2) is 7.47. The van der Waals surface area contributed by atoms with E-state index in [1.165, 1.54) is 19.2 Å².